The lowest BCUT2D eigenvalue weighted by Gasteiger charge is -2.43. The van der Waals surface area contributed by atoms with E-state index in [0.717, 1.165) is 12.3 Å². The van der Waals surface area contributed by atoms with Gasteiger partial charge in [0.05, 0.1) is 6.04 Å². The second-order valence-electron chi connectivity index (χ2n) is 6.50. The number of benzene rings is 1. The van der Waals surface area contributed by atoms with Crippen LogP contribution >= 0.6 is 0 Å². The van der Waals surface area contributed by atoms with E-state index in [-0.39, 0.29) is 11.6 Å². The second kappa shape index (κ2) is 6.25. The van der Waals surface area contributed by atoms with Crippen LogP contribution < -0.4 is 11.3 Å². The normalized spacial score (nSPS) is 20.5. The van der Waals surface area contributed by atoms with Crippen LogP contribution in [-0.4, -0.2) is 24.5 Å². The van der Waals surface area contributed by atoms with Gasteiger partial charge in [-0.1, -0.05) is 37.6 Å². The number of nitrogens with one attached hydrogen (secondary N) is 1. The van der Waals surface area contributed by atoms with E-state index < -0.39 is 0 Å². The lowest BCUT2D eigenvalue weighted by molar-refractivity contribution is 0.113. The van der Waals surface area contributed by atoms with Crippen molar-refractivity contribution in [3.63, 3.8) is 0 Å². The molecule has 20 heavy (non-hydrogen) atoms. The summed E-state index contributed by atoms with van der Waals surface area (Å²) in [5.74, 6) is 6.66. The number of likely N-dealkylation sites (N-methyl/N-ethyl adjacent to an activating group) is 1. The van der Waals surface area contributed by atoms with Gasteiger partial charge in [-0.15, -0.1) is 0 Å². The topological polar surface area (TPSA) is 41.3 Å². The second-order valence-corrected chi connectivity index (χ2v) is 6.50. The number of nitrogens with two attached hydrogens (primary N) is 1. The van der Waals surface area contributed by atoms with Crippen LogP contribution in [0.25, 0.3) is 0 Å². The molecule has 1 aliphatic rings. The average Bonchev–Trinajstić information content (AvgIpc) is 2.37. The van der Waals surface area contributed by atoms with Gasteiger partial charge in [0.25, 0.3) is 0 Å². The van der Waals surface area contributed by atoms with Gasteiger partial charge in [-0.3, -0.25) is 11.3 Å². The first-order valence-electron chi connectivity index (χ1n) is 7.76. The predicted molar refractivity (Wildman–Crippen MR) is 85.5 cm³/mol. The maximum Gasteiger partial charge on any atom is 0.0641 e. The van der Waals surface area contributed by atoms with Gasteiger partial charge in [0.15, 0.2) is 0 Å². The van der Waals surface area contributed by atoms with Gasteiger partial charge in [-0.2, -0.15) is 0 Å². The summed E-state index contributed by atoms with van der Waals surface area (Å²) in [5, 5.41) is 0. The summed E-state index contributed by atoms with van der Waals surface area (Å²) in [6, 6.07) is 9.14. The third-order valence-electron chi connectivity index (χ3n) is 5.35. The maximum absolute atomic E-state index is 5.90. The molecule has 2 atom stereocenters. The van der Waals surface area contributed by atoms with Gasteiger partial charge in [-0.05, 0) is 57.3 Å². The molecule has 1 aromatic carbocycles. The van der Waals surface area contributed by atoms with E-state index in [0.29, 0.717) is 0 Å². The van der Waals surface area contributed by atoms with Crippen molar-refractivity contribution in [2.24, 2.45) is 5.84 Å². The molecule has 0 heterocycles. The molecule has 3 N–H and O–H groups in total. The largest absolute Gasteiger partial charge is 0.302 e. The highest BCUT2D eigenvalue weighted by molar-refractivity contribution is 5.31. The number of hydrazine groups is 1. The Kier molecular flexibility index (Phi) is 4.84. The van der Waals surface area contributed by atoms with Crippen LogP contribution in [0.5, 0.6) is 0 Å². The smallest absolute Gasteiger partial charge is 0.0641 e. The molecule has 0 spiro atoms. The summed E-state index contributed by atoms with van der Waals surface area (Å²) in [6.45, 7) is 4.49. The Morgan fingerprint density at radius 1 is 1.40 bits per heavy atom. The Labute approximate surface area is 123 Å². The Hall–Kier alpha value is -0.900. The van der Waals surface area contributed by atoms with Crippen LogP contribution in [0.3, 0.4) is 0 Å². The van der Waals surface area contributed by atoms with Gasteiger partial charge in [-0.25, -0.2) is 0 Å². The van der Waals surface area contributed by atoms with Crippen molar-refractivity contribution in [2.45, 2.75) is 57.0 Å². The summed E-state index contributed by atoms with van der Waals surface area (Å²) in [4.78, 5) is 2.27. The van der Waals surface area contributed by atoms with Gasteiger partial charge < -0.3 is 4.90 Å². The van der Waals surface area contributed by atoms with Gasteiger partial charge in [0, 0.05) is 5.54 Å². The van der Waals surface area contributed by atoms with Gasteiger partial charge in [0.1, 0.15) is 0 Å². The van der Waals surface area contributed by atoms with E-state index in [9.17, 15) is 0 Å². The minimum atomic E-state index is 0.00693. The molecule has 1 saturated carbocycles. The SMILES string of the molecule is CCC(C)(C(NN)c1cccc(C2CCC2)c1)N(C)C. The van der Waals surface area contributed by atoms with Crippen molar-refractivity contribution in [1.82, 2.24) is 10.3 Å². The van der Waals surface area contributed by atoms with Crippen molar-refractivity contribution in [2.75, 3.05) is 14.1 Å². The highest BCUT2D eigenvalue weighted by atomic mass is 15.3. The quantitative estimate of drug-likeness (QED) is 0.619. The van der Waals surface area contributed by atoms with Crippen LogP contribution in [0.4, 0.5) is 0 Å². The zero-order chi connectivity index (χ0) is 14.8. The zero-order valence-corrected chi connectivity index (χ0v) is 13.3. The zero-order valence-electron chi connectivity index (χ0n) is 13.3. The highest BCUT2D eigenvalue weighted by Crippen LogP contribution is 2.38. The van der Waals surface area contributed by atoms with E-state index in [4.69, 9.17) is 5.84 Å². The molecule has 0 aliphatic heterocycles. The van der Waals surface area contributed by atoms with Crippen molar-refractivity contribution in [1.29, 1.82) is 0 Å². The predicted octanol–water partition coefficient (Wildman–Crippen LogP) is 3.19. The number of hydrogen-bond acceptors (Lipinski definition) is 3. The fourth-order valence-corrected chi connectivity index (χ4v) is 3.15. The maximum atomic E-state index is 5.90. The Bertz CT molecular complexity index is 440. The van der Waals surface area contributed by atoms with Crippen LogP contribution in [-0.2, 0) is 0 Å². The lowest BCUT2D eigenvalue weighted by atomic mass is 9.78. The summed E-state index contributed by atoms with van der Waals surface area (Å²) in [7, 11) is 4.26. The fourth-order valence-electron chi connectivity index (χ4n) is 3.15. The van der Waals surface area contributed by atoms with E-state index in [1.54, 1.807) is 0 Å². The molecule has 2 unspecified atom stereocenters. The molecule has 1 aromatic rings. The third-order valence-corrected chi connectivity index (χ3v) is 5.35. The minimum absolute atomic E-state index is 0.00693. The molecule has 0 aromatic heterocycles. The Balaban J connectivity index is 2.31. The Morgan fingerprint density at radius 3 is 2.55 bits per heavy atom. The molecule has 1 aliphatic carbocycles. The van der Waals surface area contributed by atoms with Crippen LogP contribution in [0.15, 0.2) is 24.3 Å². The van der Waals surface area contributed by atoms with Crippen molar-refractivity contribution >= 4 is 0 Å². The summed E-state index contributed by atoms with van der Waals surface area (Å²) >= 11 is 0. The highest BCUT2D eigenvalue weighted by Gasteiger charge is 2.35. The molecular weight excluding hydrogens is 246 g/mol. The van der Waals surface area contributed by atoms with Crippen LogP contribution in [0.2, 0.25) is 0 Å². The number of rotatable bonds is 6. The summed E-state index contributed by atoms with van der Waals surface area (Å²) in [6.07, 6.45) is 5.09. The molecule has 2 rings (SSSR count). The van der Waals surface area contributed by atoms with E-state index in [2.05, 4.69) is 62.5 Å². The first kappa shape index (κ1) is 15.5. The van der Waals surface area contributed by atoms with E-state index >= 15 is 0 Å². The monoisotopic (exact) mass is 275 g/mol. The van der Waals surface area contributed by atoms with Gasteiger partial charge in [0.2, 0.25) is 0 Å². The van der Waals surface area contributed by atoms with Crippen LogP contribution in [0, 0.1) is 0 Å². The number of hydrogen-bond donors (Lipinski definition) is 2. The van der Waals surface area contributed by atoms with Crippen LogP contribution in [0.1, 0.15) is 62.6 Å². The first-order chi connectivity index (χ1) is 9.52. The van der Waals surface area contributed by atoms with E-state index in [1.807, 2.05) is 0 Å². The first-order valence-corrected chi connectivity index (χ1v) is 7.76. The molecule has 3 nitrogen and oxygen atoms in total. The standard InChI is InChI=1S/C17H29N3/c1-5-17(2,20(3)4)16(19-18)15-11-7-10-14(12-15)13-8-6-9-13/h7,10-13,16,19H,5-6,8-9,18H2,1-4H3. The number of nitrogens with zero attached hydrogens (tertiary/aromatic N) is 1. The lowest BCUT2D eigenvalue weighted by Crippen LogP contribution is -2.53. The molecule has 0 bridgehead atoms. The molecule has 0 saturated heterocycles. The summed E-state index contributed by atoms with van der Waals surface area (Å²) < 4.78 is 0. The molecule has 3 heteroatoms. The Morgan fingerprint density at radius 2 is 2.10 bits per heavy atom. The van der Waals surface area contributed by atoms with E-state index in [1.165, 1.54) is 30.4 Å². The van der Waals surface area contributed by atoms with Gasteiger partial charge >= 0.3 is 0 Å². The molecule has 0 radical (unpaired) electrons. The molecule has 1 fully saturated rings. The molecular formula is C17H29N3. The fraction of sp³-hybridized carbons (Fsp3) is 0.647. The van der Waals surface area contributed by atoms with Crippen molar-refractivity contribution < 1.29 is 0 Å². The minimum Gasteiger partial charge on any atom is -0.302 e. The molecule has 112 valence electrons. The molecule has 0 amide bonds. The average molecular weight is 275 g/mol. The van der Waals surface area contributed by atoms with Crippen molar-refractivity contribution in [3.8, 4) is 0 Å². The van der Waals surface area contributed by atoms with Crippen molar-refractivity contribution in [3.05, 3.63) is 35.4 Å². The summed E-state index contributed by atoms with van der Waals surface area (Å²) in [5.41, 5.74) is 5.84. The third kappa shape index (κ3) is 2.76.